The first-order chi connectivity index (χ1) is 13.5. The first-order valence-corrected chi connectivity index (χ1v) is 9.80. The lowest BCUT2D eigenvalue weighted by atomic mass is 9.99. The monoisotopic (exact) mass is 386 g/mol. The summed E-state index contributed by atoms with van der Waals surface area (Å²) >= 11 is 0. The fourth-order valence-corrected chi connectivity index (χ4v) is 4.46. The predicted molar refractivity (Wildman–Crippen MR) is 101 cm³/mol. The summed E-state index contributed by atoms with van der Waals surface area (Å²) < 4.78 is 0. The molecule has 0 aliphatic carbocycles. The molecule has 3 heterocycles. The molecule has 1 aromatic carbocycles. The Labute approximate surface area is 163 Å². The number of imide groups is 1. The van der Waals surface area contributed by atoms with Crippen LogP contribution in [0.2, 0.25) is 0 Å². The SMILES string of the molecule is CN(Cc1cccc2c1CN(C1CCC(=O)NC1=O)C2=O)C1CNCCC1O. The molecule has 28 heavy (non-hydrogen) atoms. The van der Waals surface area contributed by atoms with E-state index >= 15 is 0 Å². The van der Waals surface area contributed by atoms with Crippen LogP contribution in [0, 0.1) is 0 Å². The molecule has 0 aromatic heterocycles. The third-order valence-electron chi connectivity index (χ3n) is 6.08. The lowest BCUT2D eigenvalue weighted by Gasteiger charge is -2.36. The summed E-state index contributed by atoms with van der Waals surface area (Å²) in [6, 6.07) is 5.08. The smallest absolute Gasteiger partial charge is 0.255 e. The van der Waals surface area contributed by atoms with Gasteiger partial charge in [0.25, 0.3) is 5.91 Å². The summed E-state index contributed by atoms with van der Waals surface area (Å²) in [7, 11) is 1.98. The summed E-state index contributed by atoms with van der Waals surface area (Å²) in [4.78, 5) is 40.2. The second kappa shape index (κ2) is 7.62. The summed E-state index contributed by atoms with van der Waals surface area (Å²) in [6.45, 7) is 2.54. The van der Waals surface area contributed by atoms with Crippen LogP contribution < -0.4 is 10.6 Å². The molecule has 3 aliphatic heterocycles. The number of aliphatic hydroxyl groups is 1. The highest BCUT2D eigenvalue weighted by atomic mass is 16.3. The Bertz CT molecular complexity index is 811. The average Bonchev–Trinajstić information content (AvgIpc) is 3.00. The van der Waals surface area contributed by atoms with Gasteiger partial charge in [0.05, 0.1) is 6.10 Å². The maximum atomic E-state index is 12.9. The van der Waals surface area contributed by atoms with E-state index in [1.165, 1.54) is 0 Å². The topological polar surface area (TPSA) is 102 Å². The van der Waals surface area contributed by atoms with Crippen molar-refractivity contribution in [2.24, 2.45) is 0 Å². The second-order valence-electron chi connectivity index (χ2n) is 7.89. The number of benzene rings is 1. The molecule has 3 amide bonds. The van der Waals surface area contributed by atoms with Crippen LogP contribution in [0.15, 0.2) is 18.2 Å². The van der Waals surface area contributed by atoms with Gasteiger partial charge < -0.3 is 15.3 Å². The molecular weight excluding hydrogens is 360 g/mol. The number of nitrogens with zero attached hydrogens (tertiary/aromatic N) is 2. The van der Waals surface area contributed by atoms with Gasteiger partial charge in [0, 0.05) is 37.7 Å². The molecule has 0 saturated carbocycles. The van der Waals surface area contributed by atoms with E-state index in [1.807, 2.05) is 19.2 Å². The van der Waals surface area contributed by atoms with Crippen molar-refractivity contribution in [2.45, 2.75) is 50.5 Å². The van der Waals surface area contributed by atoms with Crippen molar-refractivity contribution in [2.75, 3.05) is 20.1 Å². The van der Waals surface area contributed by atoms with Crippen LogP contribution in [-0.4, -0.2) is 71.0 Å². The van der Waals surface area contributed by atoms with Crippen molar-refractivity contribution < 1.29 is 19.5 Å². The van der Waals surface area contributed by atoms with Crippen LogP contribution in [0.5, 0.6) is 0 Å². The Morgan fingerprint density at radius 3 is 2.82 bits per heavy atom. The minimum Gasteiger partial charge on any atom is -0.391 e. The van der Waals surface area contributed by atoms with Crippen LogP contribution >= 0.6 is 0 Å². The van der Waals surface area contributed by atoms with E-state index < -0.39 is 11.9 Å². The molecule has 0 radical (unpaired) electrons. The number of rotatable bonds is 4. The third kappa shape index (κ3) is 3.43. The van der Waals surface area contributed by atoms with Crippen LogP contribution in [0.1, 0.15) is 40.7 Å². The van der Waals surface area contributed by atoms with Gasteiger partial charge in [-0.15, -0.1) is 0 Å². The fourth-order valence-electron chi connectivity index (χ4n) is 4.46. The predicted octanol–water partition coefficient (Wildman–Crippen LogP) is -0.398. The largest absolute Gasteiger partial charge is 0.391 e. The fraction of sp³-hybridized carbons (Fsp3) is 0.550. The maximum absolute atomic E-state index is 12.9. The van der Waals surface area contributed by atoms with Crippen molar-refractivity contribution in [3.8, 4) is 0 Å². The van der Waals surface area contributed by atoms with Gasteiger partial charge in [0.2, 0.25) is 11.8 Å². The molecule has 8 heteroatoms. The van der Waals surface area contributed by atoms with Crippen LogP contribution in [0.3, 0.4) is 0 Å². The number of hydrogen-bond acceptors (Lipinski definition) is 6. The lowest BCUT2D eigenvalue weighted by Crippen LogP contribution is -2.52. The zero-order valence-corrected chi connectivity index (χ0v) is 16.0. The molecule has 150 valence electrons. The second-order valence-corrected chi connectivity index (χ2v) is 7.89. The molecule has 2 fully saturated rings. The van der Waals surface area contributed by atoms with Crippen molar-refractivity contribution in [3.63, 3.8) is 0 Å². The van der Waals surface area contributed by atoms with Crippen LogP contribution in [-0.2, 0) is 22.7 Å². The van der Waals surface area contributed by atoms with Crippen LogP contribution in [0.4, 0.5) is 0 Å². The summed E-state index contributed by atoms with van der Waals surface area (Å²) in [5.41, 5.74) is 2.58. The van der Waals surface area contributed by atoms with E-state index in [1.54, 1.807) is 11.0 Å². The van der Waals surface area contributed by atoms with E-state index in [2.05, 4.69) is 15.5 Å². The molecule has 3 atom stereocenters. The number of fused-ring (bicyclic) bond motifs is 1. The van der Waals surface area contributed by atoms with E-state index in [-0.39, 0.29) is 30.4 Å². The molecule has 3 N–H and O–H groups in total. The molecule has 0 spiro atoms. The Hall–Kier alpha value is -2.29. The lowest BCUT2D eigenvalue weighted by molar-refractivity contribution is -0.136. The Balaban J connectivity index is 1.53. The molecule has 4 rings (SSSR count). The number of hydrogen-bond donors (Lipinski definition) is 3. The van der Waals surface area contributed by atoms with Crippen molar-refractivity contribution in [3.05, 3.63) is 34.9 Å². The van der Waals surface area contributed by atoms with Gasteiger partial charge in [-0.2, -0.15) is 0 Å². The first-order valence-electron chi connectivity index (χ1n) is 9.80. The van der Waals surface area contributed by atoms with Gasteiger partial charge in [-0.25, -0.2) is 0 Å². The molecule has 0 bridgehead atoms. The molecule has 8 nitrogen and oxygen atoms in total. The number of amides is 3. The maximum Gasteiger partial charge on any atom is 0.255 e. The van der Waals surface area contributed by atoms with Crippen molar-refractivity contribution in [1.82, 2.24) is 20.4 Å². The number of carbonyl (C=O) groups is 3. The highest BCUT2D eigenvalue weighted by molar-refractivity contribution is 6.05. The number of likely N-dealkylation sites (N-methyl/N-ethyl adjacent to an activating group) is 1. The standard InChI is InChI=1S/C20H26N4O4/c1-23(16-9-21-8-7-17(16)25)10-12-3-2-4-13-14(12)11-24(20(13)28)15-5-6-18(26)22-19(15)27/h2-4,15-17,21,25H,5-11H2,1H3,(H,22,26,27). The summed E-state index contributed by atoms with van der Waals surface area (Å²) in [6.07, 6.45) is 0.965. The van der Waals surface area contributed by atoms with Gasteiger partial charge in [0.15, 0.2) is 0 Å². The highest BCUT2D eigenvalue weighted by Gasteiger charge is 2.40. The molecule has 3 aliphatic rings. The normalized spacial score (nSPS) is 27.9. The number of carbonyl (C=O) groups excluding carboxylic acids is 3. The number of nitrogens with one attached hydrogen (secondary N) is 2. The number of piperidine rings is 2. The average molecular weight is 386 g/mol. The summed E-state index contributed by atoms with van der Waals surface area (Å²) in [5.74, 6) is -0.840. The van der Waals surface area contributed by atoms with E-state index in [4.69, 9.17) is 0 Å². The van der Waals surface area contributed by atoms with E-state index in [0.29, 0.717) is 25.1 Å². The Morgan fingerprint density at radius 2 is 2.07 bits per heavy atom. The molecular formula is C20H26N4O4. The molecule has 1 aromatic rings. The van der Waals surface area contributed by atoms with Crippen LogP contribution in [0.25, 0.3) is 0 Å². The zero-order chi connectivity index (χ0) is 19.8. The minimum absolute atomic E-state index is 0.0212. The third-order valence-corrected chi connectivity index (χ3v) is 6.08. The zero-order valence-electron chi connectivity index (χ0n) is 16.0. The first kappa shape index (κ1) is 19.0. The molecule has 2 saturated heterocycles. The van der Waals surface area contributed by atoms with E-state index in [9.17, 15) is 19.5 Å². The molecule has 3 unspecified atom stereocenters. The van der Waals surface area contributed by atoms with Crippen molar-refractivity contribution >= 4 is 17.7 Å². The Kier molecular flexibility index (Phi) is 5.18. The van der Waals surface area contributed by atoms with Gasteiger partial charge in [-0.1, -0.05) is 12.1 Å². The number of aliphatic hydroxyl groups excluding tert-OH is 1. The van der Waals surface area contributed by atoms with E-state index in [0.717, 1.165) is 30.6 Å². The summed E-state index contributed by atoms with van der Waals surface area (Å²) in [5, 5.41) is 15.9. The van der Waals surface area contributed by atoms with Gasteiger partial charge in [-0.3, -0.25) is 24.6 Å². The van der Waals surface area contributed by atoms with Gasteiger partial charge >= 0.3 is 0 Å². The highest BCUT2D eigenvalue weighted by Crippen LogP contribution is 2.30. The van der Waals surface area contributed by atoms with Gasteiger partial charge in [0.1, 0.15) is 6.04 Å². The minimum atomic E-state index is -0.604. The van der Waals surface area contributed by atoms with Crippen molar-refractivity contribution in [1.29, 1.82) is 0 Å². The van der Waals surface area contributed by atoms with Gasteiger partial charge in [-0.05, 0) is 43.6 Å². The Morgan fingerprint density at radius 1 is 1.25 bits per heavy atom. The quantitative estimate of drug-likeness (QED) is 0.609.